The van der Waals surface area contributed by atoms with Gasteiger partial charge in [-0.05, 0) is 77.3 Å². The van der Waals surface area contributed by atoms with Gasteiger partial charge in [0.2, 0.25) is 0 Å². The minimum atomic E-state index is -0.459. The number of benzene rings is 3. The molecule has 0 spiro atoms. The van der Waals surface area contributed by atoms with Crippen LogP contribution in [0.2, 0.25) is 0 Å². The van der Waals surface area contributed by atoms with Crippen molar-refractivity contribution in [3.63, 3.8) is 0 Å². The van der Waals surface area contributed by atoms with Crippen molar-refractivity contribution < 1.29 is 19.2 Å². The Hall–Kier alpha value is -3.72. The van der Waals surface area contributed by atoms with E-state index >= 15 is 0 Å². The average molecular weight is 512 g/mol. The first-order valence-corrected chi connectivity index (χ1v) is 10.9. The summed E-state index contributed by atoms with van der Waals surface area (Å²) in [5.41, 5.74) is 3.04. The average Bonchev–Trinajstić information content (AvgIpc) is 2.77. The van der Waals surface area contributed by atoms with E-state index in [1.807, 2.05) is 38.1 Å². The van der Waals surface area contributed by atoms with E-state index in [4.69, 9.17) is 9.47 Å². The van der Waals surface area contributed by atoms with Crippen molar-refractivity contribution in [2.24, 2.45) is 4.99 Å². The van der Waals surface area contributed by atoms with E-state index in [-0.39, 0.29) is 18.2 Å². The van der Waals surface area contributed by atoms with Gasteiger partial charge in [-0.15, -0.1) is 0 Å². The Morgan fingerprint density at radius 3 is 2.58 bits per heavy atom. The minimum Gasteiger partial charge on any atom is -0.490 e. The Kier molecular flexibility index (Phi) is 8.15. The van der Waals surface area contributed by atoms with Crippen LogP contribution in [0.1, 0.15) is 18.1 Å². The van der Waals surface area contributed by atoms with Gasteiger partial charge in [0, 0.05) is 24.0 Å². The number of hydrogen-bond donors (Lipinski definition) is 1. The van der Waals surface area contributed by atoms with Gasteiger partial charge in [0.25, 0.3) is 11.6 Å². The van der Waals surface area contributed by atoms with E-state index in [1.165, 1.54) is 12.1 Å². The highest BCUT2D eigenvalue weighted by molar-refractivity contribution is 9.10. The van der Waals surface area contributed by atoms with Crippen LogP contribution in [-0.4, -0.2) is 30.3 Å². The second-order valence-electron chi connectivity index (χ2n) is 7.00. The van der Waals surface area contributed by atoms with Gasteiger partial charge < -0.3 is 14.8 Å². The topological polar surface area (TPSA) is 103 Å². The van der Waals surface area contributed by atoms with Crippen molar-refractivity contribution in [2.45, 2.75) is 13.8 Å². The first-order valence-electron chi connectivity index (χ1n) is 10.1. The molecule has 0 aromatic heterocycles. The summed E-state index contributed by atoms with van der Waals surface area (Å²) in [7, 11) is 0. The van der Waals surface area contributed by atoms with Gasteiger partial charge in [0.15, 0.2) is 18.1 Å². The number of hydrogen-bond acceptors (Lipinski definition) is 6. The summed E-state index contributed by atoms with van der Waals surface area (Å²) in [5, 5.41) is 13.6. The summed E-state index contributed by atoms with van der Waals surface area (Å²) in [4.78, 5) is 27.0. The maximum atomic E-state index is 12.3. The number of nitro groups is 1. The van der Waals surface area contributed by atoms with Gasteiger partial charge in [-0.3, -0.25) is 19.9 Å². The predicted molar refractivity (Wildman–Crippen MR) is 131 cm³/mol. The molecule has 0 saturated heterocycles. The number of aryl methyl sites for hydroxylation is 1. The number of carbonyl (C=O) groups excluding carboxylic acids is 1. The number of nitrogens with one attached hydrogen (secondary N) is 1. The molecule has 1 N–H and O–H groups in total. The van der Waals surface area contributed by atoms with Crippen molar-refractivity contribution >= 4 is 45.1 Å². The Labute approximate surface area is 199 Å². The van der Waals surface area contributed by atoms with Crippen molar-refractivity contribution in [2.75, 3.05) is 18.5 Å². The summed E-state index contributed by atoms with van der Waals surface area (Å²) >= 11 is 3.47. The Balaban J connectivity index is 1.72. The number of nitro benzene ring substituents is 1. The molecule has 3 aromatic rings. The predicted octanol–water partition coefficient (Wildman–Crippen LogP) is 5.83. The van der Waals surface area contributed by atoms with Gasteiger partial charge >= 0.3 is 0 Å². The summed E-state index contributed by atoms with van der Waals surface area (Å²) in [6.07, 6.45) is 1.61. The molecule has 3 aromatic carbocycles. The van der Waals surface area contributed by atoms with E-state index in [0.29, 0.717) is 34.0 Å². The van der Waals surface area contributed by atoms with Crippen molar-refractivity contribution in [1.82, 2.24) is 0 Å². The second-order valence-corrected chi connectivity index (χ2v) is 7.86. The monoisotopic (exact) mass is 511 g/mol. The number of carbonyl (C=O) groups is 1. The zero-order chi connectivity index (χ0) is 23.8. The van der Waals surface area contributed by atoms with Crippen LogP contribution in [0.15, 0.2) is 70.1 Å². The van der Waals surface area contributed by atoms with E-state index < -0.39 is 4.92 Å². The number of non-ortho nitro benzene ring substituents is 1. The van der Waals surface area contributed by atoms with Crippen LogP contribution < -0.4 is 14.8 Å². The first kappa shape index (κ1) is 23.9. The smallest absolute Gasteiger partial charge is 0.269 e. The van der Waals surface area contributed by atoms with Crippen LogP contribution >= 0.6 is 15.9 Å². The molecule has 0 fully saturated rings. The molecule has 9 heteroatoms. The SMILES string of the molecule is CCOc1cc(C=Nc2ccc([N+](=O)[O-])cc2)cc(Br)c1OCC(=O)Nc1cccc(C)c1. The molecular weight excluding hydrogens is 490 g/mol. The zero-order valence-corrected chi connectivity index (χ0v) is 19.7. The van der Waals surface area contributed by atoms with Gasteiger partial charge in [0.05, 0.1) is 21.7 Å². The molecule has 8 nitrogen and oxygen atoms in total. The molecular formula is C24H22BrN3O5. The van der Waals surface area contributed by atoms with Crippen LogP contribution in [0.4, 0.5) is 17.1 Å². The fourth-order valence-electron chi connectivity index (χ4n) is 2.93. The second kappa shape index (κ2) is 11.2. The molecule has 0 aliphatic carbocycles. The first-order chi connectivity index (χ1) is 15.9. The molecule has 0 radical (unpaired) electrons. The van der Waals surface area contributed by atoms with E-state index in [2.05, 4.69) is 26.2 Å². The van der Waals surface area contributed by atoms with Gasteiger partial charge in [0.1, 0.15) is 0 Å². The standard InChI is InChI=1S/C24H22BrN3O5/c1-3-32-22-13-17(14-26-18-7-9-20(10-8-18)28(30)31)12-21(25)24(22)33-15-23(29)27-19-6-4-5-16(2)11-19/h4-14H,3,15H2,1-2H3,(H,27,29). The highest BCUT2D eigenvalue weighted by Crippen LogP contribution is 2.36. The fraction of sp³-hybridized carbons (Fsp3) is 0.167. The number of amides is 1. The van der Waals surface area contributed by atoms with Crippen LogP contribution in [0.25, 0.3) is 0 Å². The highest BCUT2D eigenvalue weighted by atomic mass is 79.9. The molecule has 0 atom stereocenters. The molecule has 0 heterocycles. The number of aliphatic imine (C=N–C) groups is 1. The molecule has 0 unspecified atom stereocenters. The van der Waals surface area contributed by atoms with Crippen molar-refractivity contribution in [1.29, 1.82) is 0 Å². The summed E-state index contributed by atoms with van der Waals surface area (Å²) in [6, 6.07) is 17.0. The zero-order valence-electron chi connectivity index (χ0n) is 18.1. The largest absolute Gasteiger partial charge is 0.490 e. The Morgan fingerprint density at radius 2 is 1.91 bits per heavy atom. The summed E-state index contributed by atoms with van der Waals surface area (Å²) in [6.45, 7) is 4.01. The van der Waals surface area contributed by atoms with Crippen molar-refractivity contribution in [3.05, 3.63) is 86.4 Å². The van der Waals surface area contributed by atoms with E-state index in [1.54, 1.807) is 30.5 Å². The third kappa shape index (κ3) is 6.88. The van der Waals surface area contributed by atoms with Gasteiger partial charge in [-0.25, -0.2) is 0 Å². The quantitative estimate of drug-likeness (QED) is 0.221. The molecule has 33 heavy (non-hydrogen) atoms. The third-order valence-electron chi connectivity index (χ3n) is 4.40. The van der Waals surface area contributed by atoms with Crippen LogP contribution in [0.3, 0.4) is 0 Å². The molecule has 0 aliphatic rings. The number of halogens is 1. The normalized spacial score (nSPS) is 10.8. The Bertz CT molecular complexity index is 1180. The molecule has 3 rings (SSSR count). The van der Waals surface area contributed by atoms with E-state index in [9.17, 15) is 14.9 Å². The van der Waals surface area contributed by atoms with Crippen LogP contribution in [0.5, 0.6) is 11.5 Å². The van der Waals surface area contributed by atoms with Crippen LogP contribution in [-0.2, 0) is 4.79 Å². The molecule has 0 aliphatic heterocycles. The maximum Gasteiger partial charge on any atom is 0.269 e. The van der Waals surface area contributed by atoms with Gasteiger partial charge in [-0.2, -0.15) is 0 Å². The van der Waals surface area contributed by atoms with E-state index in [0.717, 1.165) is 11.1 Å². The lowest BCUT2D eigenvalue weighted by atomic mass is 10.2. The summed E-state index contributed by atoms with van der Waals surface area (Å²) < 4.78 is 12.0. The number of anilines is 1. The maximum absolute atomic E-state index is 12.3. The fourth-order valence-corrected chi connectivity index (χ4v) is 3.51. The molecule has 170 valence electrons. The number of nitrogens with zero attached hydrogens (tertiary/aromatic N) is 2. The lowest BCUT2D eigenvalue weighted by Gasteiger charge is -2.14. The minimum absolute atomic E-state index is 0.00302. The Morgan fingerprint density at radius 1 is 1.15 bits per heavy atom. The number of ether oxygens (including phenoxy) is 2. The molecule has 0 saturated carbocycles. The van der Waals surface area contributed by atoms with Gasteiger partial charge in [-0.1, -0.05) is 12.1 Å². The van der Waals surface area contributed by atoms with Crippen molar-refractivity contribution in [3.8, 4) is 11.5 Å². The lowest BCUT2D eigenvalue weighted by Crippen LogP contribution is -2.20. The summed E-state index contributed by atoms with van der Waals surface area (Å²) in [5.74, 6) is 0.572. The lowest BCUT2D eigenvalue weighted by molar-refractivity contribution is -0.384. The molecule has 0 bridgehead atoms. The van der Waals surface area contributed by atoms with Crippen LogP contribution in [0, 0.1) is 17.0 Å². The number of rotatable bonds is 9. The molecule has 1 amide bonds. The third-order valence-corrected chi connectivity index (χ3v) is 4.99. The highest BCUT2D eigenvalue weighted by Gasteiger charge is 2.14.